The van der Waals surface area contributed by atoms with Gasteiger partial charge in [0.05, 0.1) is 6.33 Å². The molecule has 30 heavy (non-hydrogen) atoms. The summed E-state index contributed by atoms with van der Waals surface area (Å²) in [4.78, 5) is 56.7. The van der Waals surface area contributed by atoms with Crippen molar-refractivity contribution in [1.82, 2.24) is 23.6 Å². The summed E-state index contributed by atoms with van der Waals surface area (Å²) in [5.74, 6) is -0.726. The topological polar surface area (TPSA) is 111 Å². The predicted octanol–water partition coefficient (Wildman–Crippen LogP) is 0.0634. The number of imidazole rings is 1. The van der Waals surface area contributed by atoms with Gasteiger partial charge in [0.25, 0.3) is 5.56 Å². The van der Waals surface area contributed by atoms with Gasteiger partial charge in [0.2, 0.25) is 11.8 Å². The quantitative estimate of drug-likeness (QED) is 0.654. The lowest BCUT2D eigenvalue weighted by Crippen LogP contribution is -2.48. The van der Waals surface area contributed by atoms with E-state index in [1.165, 1.54) is 27.4 Å². The summed E-state index contributed by atoms with van der Waals surface area (Å²) in [7, 11) is 3.15. The van der Waals surface area contributed by atoms with Gasteiger partial charge >= 0.3 is 5.69 Å². The van der Waals surface area contributed by atoms with Crippen molar-refractivity contribution in [2.24, 2.45) is 14.1 Å². The Hall–Kier alpha value is -3.69. The van der Waals surface area contributed by atoms with Gasteiger partial charge in [-0.25, -0.2) is 14.3 Å². The second kappa shape index (κ2) is 7.62. The summed E-state index contributed by atoms with van der Waals surface area (Å²) in [5, 5.41) is 2.81. The first-order valence-electron chi connectivity index (χ1n) is 9.64. The Morgan fingerprint density at radius 1 is 1.17 bits per heavy atom. The highest BCUT2D eigenvalue weighted by Gasteiger charge is 2.34. The first kappa shape index (κ1) is 19.6. The molecular formula is C20H22N6O4. The molecule has 4 rings (SSSR count). The number of anilines is 1. The number of carbonyl (C=O) groups excluding carboxylic acids is 2. The standard InChI is InChI=1S/C20H22N6O4/c1-23-12-21-17-16(23)19(29)26(20(30)24(17)2)11-15(27)25-10-6-9-14(25)18(28)22-13-7-4-3-5-8-13/h3-5,7-8,12,14H,6,9-11H2,1-2H3,(H,22,28)/t14-/m1/s1. The van der Waals surface area contributed by atoms with E-state index in [4.69, 9.17) is 0 Å². The summed E-state index contributed by atoms with van der Waals surface area (Å²) in [5.41, 5.74) is -0.0503. The minimum atomic E-state index is -0.641. The van der Waals surface area contributed by atoms with Crippen LogP contribution in [0.1, 0.15) is 12.8 Å². The van der Waals surface area contributed by atoms with Crippen LogP contribution in [0.4, 0.5) is 5.69 Å². The molecule has 2 amide bonds. The van der Waals surface area contributed by atoms with Crippen LogP contribution in [-0.4, -0.2) is 48.0 Å². The van der Waals surface area contributed by atoms with Crippen molar-refractivity contribution in [1.29, 1.82) is 0 Å². The van der Waals surface area contributed by atoms with Crippen LogP contribution in [0.25, 0.3) is 11.2 Å². The van der Waals surface area contributed by atoms with E-state index in [0.717, 1.165) is 4.57 Å². The van der Waals surface area contributed by atoms with Crippen molar-refractivity contribution < 1.29 is 9.59 Å². The molecule has 2 aromatic heterocycles. The van der Waals surface area contributed by atoms with Gasteiger partial charge < -0.3 is 14.8 Å². The van der Waals surface area contributed by atoms with Crippen LogP contribution in [0, 0.1) is 0 Å². The molecule has 10 heteroatoms. The van der Waals surface area contributed by atoms with Crippen LogP contribution < -0.4 is 16.6 Å². The summed E-state index contributed by atoms with van der Waals surface area (Å²) < 4.78 is 3.66. The molecular weight excluding hydrogens is 388 g/mol. The van der Waals surface area contributed by atoms with Crippen molar-refractivity contribution in [3.8, 4) is 0 Å². The number of nitrogens with one attached hydrogen (secondary N) is 1. The van der Waals surface area contributed by atoms with Gasteiger partial charge in [-0.05, 0) is 25.0 Å². The largest absolute Gasteiger partial charge is 0.332 e. The van der Waals surface area contributed by atoms with Gasteiger partial charge in [-0.1, -0.05) is 18.2 Å². The molecule has 156 valence electrons. The Morgan fingerprint density at radius 2 is 1.90 bits per heavy atom. The van der Waals surface area contributed by atoms with Crippen LogP contribution in [0.5, 0.6) is 0 Å². The van der Waals surface area contributed by atoms with E-state index in [-0.39, 0.29) is 17.1 Å². The summed E-state index contributed by atoms with van der Waals surface area (Å²) in [6, 6.07) is 8.36. The summed E-state index contributed by atoms with van der Waals surface area (Å²) in [6.07, 6.45) is 2.65. The molecule has 0 bridgehead atoms. The maximum Gasteiger partial charge on any atom is 0.332 e. The van der Waals surface area contributed by atoms with Crippen molar-refractivity contribution in [2.75, 3.05) is 11.9 Å². The van der Waals surface area contributed by atoms with Crippen LogP contribution in [-0.2, 0) is 30.2 Å². The average Bonchev–Trinajstić information content (AvgIpc) is 3.37. The maximum atomic E-state index is 13.0. The average molecular weight is 410 g/mol. The number of aryl methyl sites for hydroxylation is 2. The molecule has 0 unspecified atom stereocenters. The Kier molecular flexibility index (Phi) is 4.98. The van der Waals surface area contributed by atoms with Crippen LogP contribution >= 0.6 is 0 Å². The third-order valence-corrected chi connectivity index (χ3v) is 5.41. The molecule has 0 aliphatic carbocycles. The highest BCUT2D eigenvalue weighted by atomic mass is 16.2. The zero-order chi connectivity index (χ0) is 21.4. The number of rotatable bonds is 4. The molecule has 0 radical (unpaired) electrons. The number of benzene rings is 1. The number of carbonyl (C=O) groups is 2. The number of aromatic nitrogens is 4. The molecule has 1 fully saturated rings. The lowest BCUT2D eigenvalue weighted by atomic mass is 10.2. The lowest BCUT2D eigenvalue weighted by Gasteiger charge is -2.24. The van der Waals surface area contributed by atoms with E-state index in [2.05, 4.69) is 10.3 Å². The molecule has 1 aliphatic rings. The van der Waals surface area contributed by atoms with Crippen molar-refractivity contribution >= 4 is 28.7 Å². The molecule has 10 nitrogen and oxygen atoms in total. The Morgan fingerprint density at radius 3 is 2.63 bits per heavy atom. The number of amides is 2. The van der Waals surface area contributed by atoms with Gasteiger partial charge in [0, 0.05) is 26.3 Å². The van der Waals surface area contributed by atoms with Crippen molar-refractivity contribution in [2.45, 2.75) is 25.4 Å². The van der Waals surface area contributed by atoms with E-state index < -0.39 is 29.7 Å². The van der Waals surface area contributed by atoms with E-state index in [1.54, 1.807) is 19.2 Å². The fourth-order valence-corrected chi connectivity index (χ4v) is 3.85. The molecule has 0 saturated carbocycles. The second-order valence-electron chi connectivity index (χ2n) is 7.36. The smallest absolute Gasteiger partial charge is 0.329 e. The number of hydrogen-bond acceptors (Lipinski definition) is 5. The van der Waals surface area contributed by atoms with Gasteiger partial charge in [0.15, 0.2) is 11.2 Å². The maximum absolute atomic E-state index is 13.0. The van der Waals surface area contributed by atoms with Crippen molar-refractivity contribution in [3.05, 3.63) is 57.5 Å². The Balaban J connectivity index is 1.59. The third-order valence-electron chi connectivity index (χ3n) is 5.41. The first-order valence-corrected chi connectivity index (χ1v) is 9.64. The van der Waals surface area contributed by atoms with E-state index in [9.17, 15) is 19.2 Å². The fourth-order valence-electron chi connectivity index (χ4n) is 3.85. The number of para-hydroxylation sites is 1. The zero-order valence-electron chi connectivity index (χ0n) is 16.7. The lowest BCUT2D eigenvalue weighted by molar-refractivity contribution is -0.137. The highest BCUT2D eigenvalue weighted by molar-refractivity contribution is 5.97. The summed E-state index contributed by atoms with van der Waals surface area (Å²) in [6.45, 7) is -0.0313. The van der Waals surface area contributed by atoms with Gasteiger partial charge in [0.1, 0.15) is 12.6 Å². The molecule has 1 atom stereocenters. The molecule has 1 saturated heterocycles. The molecule has 3 aromatic rings. The minimum Gasteiger partial charge on any atom is -0.329 e. The number of hydrogen-bond donors (Lipinski definition) is 1. The third kappa shape index (κ3) is 3.30. The van der Waals surface area contributed by atoms with Gasteiger partial charge in [-0.3, -0.25) is 19.0 Å². The van der Waals surface area contributed by atoms with E-state index in [1.807, 2.05) is 18.2 Å². The SMILES string of the molecule is Cn1cnc2c1c(=O)n(CC(=O)N1CCC[C@@H]1C(=O)Nc1ccccc1)c(=O)n2C. The molecule has 1 aliphatic heterocycles. The monoisotopic (exact) mass is 410 g/mol. The van der Waals surface area contributed by atoms with Crippen LogP contribution in [0.2, 0.25) is 0 Å². The normalized spacial score (nSPS) is 16.2. The fraction of sp³-hybridized carbons (Fsp3) is 0.350. The van der Waals surface area contributed by atoms with Gasteiger partial charge in [-0.2, -0.15) is 0 Å². The second-order valence-corrected chi connectivity index (χ2v) is 7.36. The van der Waals surface area contributed by atoms with Gasteiger partial charge in [-0.15, -0.1) is 0 Å². The zero-order valence-corrected chi connectivity index (χ0v) is 16.7. The predicted molar refractivity (Wildman–Crippen MR) is 110 cm³/mol. The number of nitrogens with zero attached hydrogens (tertiary/aromatic N) is 5. The first-order chi connectivity index (χ1) is 14.4. The molecule has 1 aromatic carbocycles. The Labute approximate surface area is 171 Å². The number of fused-ring (bicyclic) bond motifs is 1. The number of likely N-dealkylation sites (tertiary alicyclic amines) is 1. The van der Waals surface area contributed by atoms with E-state index >= 15 is 0 Å². The summed E-state index contributed by atoms with van der Waals surface area (Å²) >= 11 is 0. The molecule has 1 N–H and O–H groups in total. The van der Waals surface area contributed by atoms with E-state index in [0.29, 0.717) is 25.1 Å². The Bertz CT molecular complexity index is 1240. The minimum absolute atomic E-state index is 0.240. The van der Waals surface area contributed by atoms with Crippen LogP contribution in [0.15, 0.2) is 46.2 Å². The van der Waals surface area contributed by atoms with Crippen LogP contribution in [0.3, 0.4) is 0 Å². The molecule has 3 heterocycles. The van der Waals surface area contributed by atoms with Crippen molar-refractivity contribution in [3.63, 3.8) is 0 Å². The molecule has 0 spiro atoms. The highest BCUT2D eigenvalue weighted by Crippen LogP contribution is 2.20.